The number of aromatic nitrogens is 5. The molecule has 0 unspecified atom stereocenters. The summed E-state index contributed by atoms with van der Waals surface area (Å²) in [4.78, 5) is 21.8. The summed E-state index contributed by atoms with van der Waals surface area (Å²) in [5, 5.41) is 2.28. The fourth-order valence-electron chi connectivity index (χ4n) is 9.77. The highest BCUT2D eigenvalue weighted by Crippen LogP contribution is 2.44. The third kappa shape index (κ3) is 7.91. The van der Waals surface area contributed by atoms with E-state index >= 15 is 0 Å². The molecular weight excluding hydrogens is 855 g/mol. The van der Waals surface area contributed by atoms with E-state index in [9.17, 15) is 0 Å². The van der Waals surface area contributed by atoms with Gasteiger partial charge in [-0.15, -0.1) is 0 Å². The third-order valence-electron chi connectivity index (χ3n) is 13.1. The Morgan fingerprint density at radius 3 is 0.986 bits per heavy atom. The number of nitrogens with zero attached hydrogens (tertiary/aromatic N) is 7. The smallest absolute Gasteiger partial charge is 0.115 e. The maximum absolute atomic E-state index is 4.28. The van der Waals surface area contributed by atoms with Gasteiger partial charge in [-0.05, 0) is 143 Å². The van der Waals surface area contributed by atoms with E-state index < -0.39 is 0 Å². The number of rotatable bonds is 11. The zero-order valence-electron chi connectivity index (χ0n) is 38.4. The van der Waals surface area contributed by atoms with Crippen LogP contribution < -0.4 is 9.80 Å². The molecule has 332 valence electrons. The second-order valence-electron chi connectivity index (χ2n) is 17.3. The summed E-state index contributed by atoms with van der Waals surface area (Å²) >= 11 is 0. The van der Waals surface area contributed by atoms with Gasteiger partial charge >= 0.3 is 0 Å². The first-order valence-corrected chi connectivity index (χ1v) is 23.4. The van der Waals surface area contributed by atoms with Gasteiger partial charge in [-0.2, -0.15) is 0 Å². The van der Waals surface area contributed by atoms with Gasteiger partial charge in [0, 0.05) is 86.5 Å². The molecule has 12 rings (SSSR count). The van der Waals surface area contributed by atoms with E-state index in [1.54, 1.807) is 12.7 Å². The lowest BCUT2D eigenvalue weighted by Gasteiger charge is -2.26. The van der Waals surface area contributed by atoms with Crippen molar-refractivity contribution in [3.05, 3.63) is 261 Å². The van der Waals surface area contributed by atoms with Crippen LogP contribution in [0.25, 0.3) is 72.0 Å². The summed E-state index contributed by atoms with van der Waals surface area (Å²) in [6.45, 7) is 2.24. The Morgan fingerprint density at radius 2 is 0.643 bits per heavy atom. The molecule has 0 atom stereocenters. The standard InChI is InChI=1S/C63H45N7/c1-44-58(47-26-22-45(23-27-47)49-38-64-42-65-39-49)36-57(37-59(44)48-28-24-46(25-29-48)50-40-66-43-67-41-50)70-62-32-30-55(68(51-14-6-2-7-15-51)52-16-8-3-9-17-52)34-60(62)61-35-56(31-33-63(61)70)69(53-18-10-4-11-19-53)54-20-12-5-13-21-54/h2-43H,1H3. The minimum Gasteiger partial charge on any atom is -0.310 e. The predicted octanol–water partition coefficient (Wildman–Crippen LogP) is 16.3. The van der Waals surface area contributed by atoms with Crippen LogP contribution in [0.5, 0.6) is 0 Å². The van der Waals surface area contributed by atoms with Crippen molar-refractivity contribution >= 4 is 55.9 Å². The van der Waals surface area contributed by atoms with Crippen molar-refractivity contribution in [2.45, 2.75) is 6.92 Å². The molecule has 0 saturated carbocycles. The van der Waals surface area contributed by atoms with E-state index in [-0.39, 0.29) is 0 Å². The summed E-state index contributed by atoms with van der Waals surface area (Å²) in [5.41, 5.74) is 19.5. The van der Waals surface area contributed by atoms with Gasteiger partial charge in [0.15, 0.2) is 0 Å². The Morgan fingerprint density at radius 1 is 0.314 bits per heavy atom. The first-order chi connectivity index (χ1) is 34.6. The van der Waals surface area contributed by atoms with Crippen molar-refractivity contribution in [2.75, 3.05) is 9.80 Å². The molecule has 0 N–H and O–H groups in total. The number of anilines is 6. The molecule has 12 aromatic rings. The van der Waals surface area contributed by atoms with Crippen LogP contribution in [0.1, 0.15) is 5.56 Å². The van der Waals surface area contributed by atoms with Crippen molar-refractivity contribution in [3.63, 3.8) is 0 Å². The van der Waals surface area contributed by atoms with Gasteiger partial charge in [0.25, 0.3) is 0 Å². The Kier molecular flexibility index (Phi) is 11.0. The first-order valence-electron chi connectivity index (χ1n) is 23.4. The van der Waals surface area contributed by atoms with Crippen LogP contribution in [-0.2, 0) is 0 Å². The predicted molar refractivity (Wildman–Crippen MR) is 288 cm³/mol. The molecule has 3 heterocycles. The lowest BCUT2D eigenvalue weighted by atomic mass is 9.90. The summed E-state index contributed by atoms with van der Waals surface area (Å²) in [6.07, 6.45) is 10.6. The van der Waals surface area contributed by atoms with Crippen molar-refractivity contribution in [2.24, 2.45) is 0 Å². The Bertz CT molecular complexity index is 3410. The van der Waals surface area contributed by atoms with Crippen molar-refractivity contribution < 1.29 is 0 Å². The molecule has 0 aliphatic heterocycles. The average molecular weight is 900 g/mol. The summed E-state index contributed by atoms with van der Waals surface area (Å²) in [6, 6.07) is 78.5. The van der Waals surface area contributed by atoms with Crippen LogP contribution in [0.3, 0.4) is 0 Å². The van der Waals surface area contributed by atoms with E-state index in [1.807, 2.05) is 24.8 Å². The molecule has 0 aliphatic carbocycles. The van der Waals surface area contributed by atoms with Gasteiger partial charge < -0.3 is 14.4 Å². The minimum atomic E-state index is 0.976. The van der Waals surface area contributed by atoms with Gasteiger partial charge in [-0.3, -0.25) is 0 Å². The molecular formula is C63H45N7. The lowest BCUT2D eigenvalue weighted by Crippen LogP contribution is -2.09. The van der Waals surface area contributed by atoms with E-state index in [0.29, 0.717) is 0 Å². The molecule has 7 nitrogen and oxygen atoms in total. The zero-order chi connectivity index (χ0) is 46.8. The fraction of sp³-hybridized carbons (Fsp3) is 0.0159. The number of benzene rings is 9. The highest BCUT2D eigenvalue weighted by molar-refractivity contribution is 6.12. The van der Waals surface area contributed by atoms with Crippen LogP contribution in [0.4, 0.5) is 34.1 Å². The molecule has 0 saturated heterocycles. The van der Waals surface area contributed by atoms with Gasteiger partial charge in [0.1, 0.15) is 12.7 Å². The fourth-order valence-corrected chi connectivity index (χ4v) is 9.77. The Balaban J connectivity index is 1.10. The number of hydrogen-bond donors (Lipinski definition) is 0. The summed E-state index contributed by atoms with van der Waals surface area (Å²) in [5.74, 6) is 0. The molecule has 0 fully saturated rings. The quantitative estimate of drug-likeness (QED) is 0.129. The van der Waals surface area contributed by atoms with Crippen molar-refractivity contribution in [3.8, 4) is 50.2 Å². The van der Waals surface area contributed by atoms with Crippen LogP contribution in [-0.4, -0.2) is 24.5 Å². The molecule has 7 heteroatoms. The van der Waals surface area contributed by atoms with E-state index in [4.69, 9.17) is 0 Å². The Hall–Kier alpha value is -9.46. The van der Waals surface area contributed by atoms with E-state index in [2.05, 4.69) is 260 Å². The minimum absolute atomic E-state index is 0.976. The van der Waals surface area contributed by atoms with Gasteiger partial charge in [0.05, 0.1) is 11.0 Å². The van der Waals surface area contributed by atoms with Crippen LogP contribution in [0.15, 0.2) is 256 Å². The Labute approximate surface area is 406 Å². The molecule has 9 aromatic carbocycles. The van der Waals surface area contributed by atoms with Crippen LogP contribution in [0.2, 0.25) is 0 Å². The highest BCUT2D eigenvalue weighted by atomic mass is 15.1. The number of fused-ring (bicyclic) bond motifs is 3. The molecule has 0 bridgehead atoms. The number of hydrogen-bond acceptors (Lipinski definition) is 6. The van der Waals surface area contributed by atoms with Gasteiger partial charge in [-0.1, -0.05) is 121 Å². The van der Waals surface area contributed by atoms with Crippen LogP contribution >= 0.6 is 0 Å². The van der Waals surface area contributed by atoms with Gasteiger partial charge in [-0.25, -0.2) is 19.9 Å². The zero-order valence-corrected chi connectivity index (χ0v) is 38.4. The molecule has 3 aromatic heterocycles. The van der Waals surface area contributed by atoms with Crippen molar-refractivity contribution in [1.29, 1.82) is 0 Å². The molecule has 0 radical (unpaired) electrons. The maximum Gasteiger partial charge on any atom is 0.115 e. The van der Waals surface area contributed by atoms with Crippen molar-refractivity contribution in [1.82, 2.24) is 24.5 Å². The topological polar surface area (TPSA) is 63.0 Å². The molecule has 0 amide bonds. The van der Waals surface area contributed by atoms with Crippen LogP contribution in [0, 0.1) is 6.92 Å². The first kappa shape index (κ1) is 41.9. The second kappa shape index (κ2) is 18.3. The summed E-state index contributed by atoms with van der Waals surface area (Å²) < 4.78 is 2.45. The highest BCUT2D eigenvalue weighted by Gasteiger charge is 2.22. The normalized spacial score (nSPS) is 11.2. The SMILES string of the molecule is Cc1c(-c2ccc(-c3cncnc3)cc2)cc(-n2c3ccc(N(c4ccccc4)c4ccccc4)cc3c3cc(N(c4ccccc4)c4ccccc4)ccc32)cc1-c1ccc(-c2cncnc2)cc1. The maximum atomic E-state index is 4.28. The van der Waals surface area contributed by atoms with E-state index in [0.717, 1.165) is 106 Å². The monoisotopic (exact) mass is 899 g/mol. The van der Waals surface area contributed by atoms with E-state index in [1.165, 1.54) is 5.56 Å². The molecule has 70 heavy (non-hydrogen) atoms. The molecule has 0 spiro atoms. The largest absolute Gasteiger partial charge is 0.310 e. The van der Waals surface area contributed by atoms with Gasteiger partial charge in [0.2, 0.25) is 0 Å². The molecule has 0 aliphatic rings. The third-order valence-corrected chi connectivity index (χ3v) is 13.1. The average Bonchev–Trinajstić information content (AvgIpc) is 3.76. The lowest BCUT2D eigenvalue weighted by molar-refractivity contribution is 1.17. The summed E-state index contributed by atoms with van der Waals surface area (Å²) in [7, 11) is 0. The second-order valence-corrected chi connectivity index (χ2v) is 17.3. The number of para-hydroxylation sites is 4.